The van der Waals surface area contributed by atoms with Gasteiger partial charge in [-0.25, -0.2) is 0 Å². The average Bonchev–Trinajstić information content (AvgIpc) is 3.45. The molecule has 5 rings (SSSR count). The second kappa shape index (κ2) is 8.00. The number of carbonyl (C=O) groups excluding carboxylic acids is 1. The van der Waals surface area contributed by atoms with Crippen LogP contribution in [0, 0.1) is 5.92 Å². The molecular weight excluding hydrogens is 366 g/mol. The molecule has 29 heavy (non-hydrogen) atoms. The summed E-state index contributed by atoms with van der Waals surface area (Å²) < 4.78 is 14.5. The standard InChI is InChI=1S/C23H31N3O3/c1-24-14-19(28-16-23(24)27)15-25-10-7-18(8-11-25)29-22-4-2-3-21-20(22)9-12-26(21)13-17-5-6-17/h2-4,9,12,17-19H,5-8,10-11,13-16H2,1H3. The molecule has 3 aliphatic rings. The van der Waals surface area contributed by atoms with E-state index in [-0.39, 0.29) is 24.7 Å². The zero-order valence-electron chi connectivity index (χ0n) is 17.3. The minimum Gasteiger partial charge on any atom is -0.490 e. The number of benzene rings is 1. The van der Waals surface area contributed by atoms with E-state index in [0.29, 0.717) is 6.54 Å². The van der Waals surface area contributed by atoms with E-state index >= 15 is 0 Å². The van der Waals surface area contributed by atoms with Crippen LogP contribution in [0.1, 0.15) is 25.7 Å². The summed E-state index contributed by atoms with van der Waals surface area (Å²) in [6.45, 7) is 4.96. The van der Waals surface area contributed by atoms with E-state index in [0.717, 1.165) is 50.7 Å². The molecule has 156 valence electrons. The first-order valence-corrected chi connectivity index (χ1v) is 11.0. The first-order chi connectivity index (χ1) is 14.2. The lowest BCUT2D eigenvalue weighted by atomic mass is 10.1. The molecule has 1 amide bonds. The molecular formula is C23H31N3O3. The number of morpholine rings is 1. The number of ether oxygens (including phenoxy) is 2. The number of aromatic nitrogens is 1. The molecule has 3 fully saturated rings. The fraction of sp³-hybridized carbons (Fsp3) is 0.609. The van der Waals surface area contributed by atoms with Gasteiger partial charge >= 0.3 is 0 Å². The number of likely N-dealkylation sites (N-methyl/N-ethyl adjacent to an activating group) is 1. The van der Waals surface area contributed by atoms with E-state index < -0.39 is 0 Å². The lowest BCUT2D eigenvalue weighted by Gasteiger charge is -2.37. The summed E-state index contributed by atoms with van der Waals surface area (Å²) in [6, 6.07) is 8.65. The summed E-state index contributed by atoms with van der Waals surface area (Å²) in [4.78, 5) is 15.8. The molecule has 1 atom stereocenters. The second-order valence-corrected chi connectivity index (χ2v) is 8.93. The summed E-state index contributed by atoms with van der Waals surface area (Å²) in [5, 5.41) is 1.24. The Kier molecular flexibility index (Phi) is 5.22. The average molecular weight is 398 g/mol. The van der Waals surface area contributed by atoms with Gasteiger partial charge in [-0.1, -0.05) is 6.07 Å². The summed E-state index contributed by atoms with van der Waals surface area (Å²) >= 11 is 0. The summed E-state index contributed by atoms with van der Waals surface area (Å²) in [7, 11) is 1.86. The van der Waals surface area contributed by atoms with Crippen LogP contribution in [-0.4, -0.2) is 72.3 Å². The van der Waals surface area contributed by atoms with Crippen molar-refractivity contribution in [2.24, 2.45) is 5.92 Å². The van der Waals surface area contributed by atoms with Gasteiger partial charge in [0, 0.05) is 51.4 Å². The van der Waals surface area contributed by atoms with Gasteiger partial charge in [-0.15, -0.1) is 0 Å². The number of fused-ring (bicyclic) bond motifs is 1. The van der Waals surface area contributed by atoms with E-state index in [1.165, 1.54) is 23.7 Å². The molecule has 1 unspecified atom stereocenters. The van der Waals surface area contributed by atoms with E-state index in [1.807, 2.05) is 7.05 Å². The van der Waals surface area contributed by atoms with Crippen LogP contribution in [0.4, 0.5) is 0 Å². The molecule has 6 heteroatoms. The van der Waals surface area contributed by atoms with Gasteiger partial charge in [-0.05, 0) is 49.8 Å². The van der Waals surface area contributed by atoms with Crippen molar-refractivity contribution in [2.45, 2.75) is 44.4 Å². The fourth-order valence-electron chi connectivity index (χ4n) is 4.58. The van der Waals surface area contributed by atoms with Gasteiger partial charge in [-0.3, -0.25) is 4.79 Å². The first kappa shape index (κ1) is 18.9. The van der Waals surface area contributed by atoms with Gasteiger partial charge in [0.05, 0.1) is 11.6 Å². The van der Waals surface area contributed by atoms with Crippen molar-refractivity contribution in [1.29, 1.82) is 0 Å². The first-order valence-electron chi connectivity index (χ1n) is 11.0. The summed E-state index contributed by atoms with van der Waals surface area (Å²) in [5.41, 5.74) is 1.29. The number of nitrogens with zero attached hydrogens (tertiary/aromatic N) is 3. The third-order valence-electron chi connectivity index (χ3n) is 6.56. The largest absolute Gasteiger partial charge is 0.490 e. The SMILES string of the molecule is CN1CC(CN2CCC(Oc3cccc4c3ccn4CC3CC3)CC2)OCC1=O. The minimum absolute atomic E-state index is 0.0773. The molecule has 0 spiro atoms. The van der Waals surface area contributed by atoms with Crippen molar-refractivity contribution in [2.75, 3.05) is 39.8 Å². The predicted molar refractivity (Wildman–Crippen MR) is 112 cm³/mol. The Hall–Kier alpha value is -2.05. The summed E-state index contributed by atoms with van der Waals surface area (Å²) in [5.74, 6) is 1.96. The van der Waals surface area contributed by atoms with Gasteiger partial charge < -0.3 is 23.8 Å². The van der Waals surface area contributed by atoms with Crippen LogP contribution in [0.15, 0.2) is 30.5 Å². The highest BCUT2D eigenvalue weighted by Gasteiger charge is 2.28. The lowest BCUT2D eigenvalue weighted by Crippen LogP contribution is -2.50. The Bertz CT molecular complexity index is 867. The van der Waals surface area contributed by atoms with Gasteiger partial charge in [0.25, 0.3) is 0 Å². The Morgan fingerprint density at radius 2 is 1.93 bits per heavy atom. The summed E-state index contributed by atoms with van der Waals surface area (Å²) in [6.07, 6.45) is 7.39. The maximum Gasteiger partial charge on any atom is 0.248 e. The third kappa shape index (κ3) is 4.28. The monoisotopic (exact) mass is 397 g/mol. The number of hydrogen-bond acceptors (Lipinski definition) is 4. The van der Waals surface area contributed by atoms with Crippen LogP contribution in [-0.2, 0) is 16.1 Å². The molecule has 1 saturated carbocycles. The van der Waals surface area contributed by atoms with E-state index in [4.69, 9.17) is 9.47 Å². The predicted octanol–water partition coefficient (Wildman–Crippen LogP) is 2.75. The zero-order chi connectivity index (χ0) is 19.8. The minimum atomic E-state index is 0.0773. The van der Waals surface area contributed by atoms with Crippen LogP contribution in [0.5, 0.6) is 5.75 Å². The highest BCUT2D eigenvalue weighted by atomic mass is 16.5. The van der Waals surface area contributed by atoms with Gasteiger partial charge in [-0.2, -0.15) is 0 Å². The van der Waals surface area contributed by atoms with Crippen molar-refractivity contribution in [3.8, 4) is 5.75 Å². The Labute approximate surface area is 172 Å². The van der Waals surface area contributed by atoms with Crippen LogP contribution in [0.2, 0.25) is 0 Å². The number of carbonyl (C=O) groups is 1. The fourth-order valence-corrected chi connectivity index (χ4v) is 4.58. The normalized spacial score (nSPS) is 24.4. The van der Waals surface area contributed by atoms with Crippen molar-refractivity contribution < 1.29 is 14.3 Å². The topological polar surface area (TPSA) is 46.9 Å². The van der Waals surface area contributed by atoms with Crippen molar-refractivity contribution in [1.82, 2.24) is 14.4 Å². The molecule has 0 N–H and O–H groups in total. The maximum atomic E-state index is 11.6. The molecule has 3 heterocycles. The van der Waals surface area contributed by atoms with Crippen LogP contribution < -0.4 is 4.74 Å². The van der Waals surface area contributed by atoms with Crippen LogP contribution >= 0.6 is 0 Å². The highest BCUT2D eigenvalue weighted by molar-refractivity contribution is 5.86. The number of amides is 1. The molecule has 0 radical (unpaired) electrons. The molecule has 1 aliphatic carbocycles. The smallest absolute Gasteiger partial charge is 0.248 e. The molecule has 1 aromatic heterocycles. The van der Waals surface area contributed by atoms with E-state index in [9.17, 15) is 4.79 Å². The second-order valence-electron chi connectivity index (χ2n) is 8.93. The van der Waals surface area contributed by atoms with Crippen molar-refractivity contribution in [3.05, 3.63) is 30.5 Å². The number of hydrogen-bond donors (Lipinski definition) is 0. The van der Waals surface area contributed by atoms with E-state index in [1.54, 1.807) is 4.90 Å². The Balaban J connectivity index is 1.16. The van der Waals surface area contributed by atoms with Gasteiger partial charge in [0.15, 0.2) is 0 Å². The van der Waals surface area contributed by atoms with Crippen molar-refractivity contribution in [3.63, 3.8) is 0 Å². The molecule has 6 nitrogen and oxygen atoms in total. The molecule has 0 bridgehead atoms. The van der Waals surface area contributed by atoms with Crippen molar-refractivity contribution >= 4 is 16.8 Å². The van der Waals surface area contributed by atoms with Crippen LogP contribution in [0.25, 0.3) is 10.9 Å². The maximum absolute atomic E-state index is 11.6. The third-order valence-corrected chi connectivity index (χ3v) is 6.56. The molecule has 2 aromatic rings. The van der Waals surface area contributed by atoms with Gasteiger partial charge in [0.1, 0.15) is 18.5 Å². The number of piperidine rings is 1. The molecule has 1 aromatic carbocycles. The van der Waals surface area contributed by atoms with Gasteiger partial charge in [0.2, 0.25) is 5.91 Å². The lowest BCUT2D eigenvalue weighted by molar-refractivity contribution is -0.148. The number of likely N-dealkylation sites (tertiary alicyclic amines) is 1. The quantitative estimate of drug-likeness (QED) is 0.752. The van der Waals surface area contributed by atoms with E-state index in [2.05, 4.69) is 39.9 Å². The molecule has 2 saturated heterocycles. The number of rotatable bonds is 6. The Morgan fingerprint density at radius 1 is 1.10 bits per heavy atom. The highest BCUT2D eigenvalue weighted by Crippen LogP contribution is 2.34. The molecule has 2 aliphatic heterocycles. The van der Waals surface area contributed by atoms with Crippen LogP contribution in [0.3, 0.4) is 0 Å². The zero-order valence-corrected chi connectivity index (χ0v) is 17.3. The Morgan fingerprint density at radius 3 is 2.69 bits per heavy atom.